The molecule has 1 fully saturated rings. The van der Waals surface area contributed by atoms with Crippen molar-refractivity contribution in [2.24, 2.45) is 0 Å². The lowest BCUT2D eigenvalue weighted by molar-refractivity contribution is -0.0406. The number of nitrogens with zero attached hydrogens (tertiary/aromatic N) is 1. The van der Waals surface area contributed by atoms with Crippen LogP contribution < -0.4 is 5.32 Å². The lowest BCUT2D eigenvalue weighted by Gasteiger charge is -2.31. The molecule has 3 rings (SSSR count). The van der Waals surface area contributed by atoms with Crippen LogP contribution in [-0.2, 0) is 4.74 Å². The fraction of sp³-hybridized carbons (Fsp3) is 0.235. The Morgan fingerprint density at radius 1 is 0.900 bits per heavy atom. The van der Waals surface area contributed by atoms with Crippen LogP contribution in [0.3, 0.4) is 0 Å². The zero-order chi connectivity index (χ0) is 13.8. The average molecular weight is 264 g/mol. The third-order valence-corrected chi connectivity index (χ3v) is 3.57. The predicted octanol–water partition coefficient (Wildman–Crippen LogP) is 2.96. The fourth-order valence-electron chi connectivity index (χ4n) is 2.47. The van der Waals surface area contributed by atoms with Gasteiger partial charge in [-0.25, -0.2) is 0 Å². The normalized spacial score (nSPS) is 22.1. The number of ether oxygens (including phenoxy) is 1. The van der Waals surface area contributed by atoms with Crippen LogP contribution in [0.4, 0.5) is 0 Å². The molecule has 2 atom stereocenters. The van der Waals surface area contributed by atoms with Gasteiger partial charge >= 0.3 is 0 Å². The Hall–Kier alpha value is -2.15. The minimum atomic E-state index is 0.0294. The van der Waals surface area contributed by atoms with E-state index in [1.807, 2.05) is 42.5 Å². The zero-order valence-corrected chi connectivity index (χ0v) is 11.1. The summed E-state index contributed by atoms with van der Waals surface area (Å²) in [6.07, 6.45) is 0.104. The van der Waals surface area contributed by atoms with Crippen LogP contribution in [0, 0.1) is 11.3 Å². The van der Waals surface area contributed by atoms with Crippen LogP contribution in [0.2, 0.25) is 0 Å². The lowest BCUT2D eigenvalue weighted by atomic mass is 10.0. The van der Waals surface area contributed by atoms with Crippen molar-refractivity contribution < 1.29 is 4.74 Å². The second kappa shape index (κ2) is 5.87. The van der Waals surface area contributed by atoms with Gasteiger partial charge in [0.15, 0.2) is 0 Å². The van der Waals surface area contributed by atoms with Crippen LogP contribution >= 0.6 is 0 Å². The van der Waals surface area contributed by atoms with Crippen molar-refractivity contribution >= 4 is 0 Å². The summed E-state index contributed by atoms with van der Waals surface area (Å²) in [5.41, 5.74) is 2.98. The SMILES string of the molecule is N#Cc1ccc(C2CNCC(c3ccccc3)O2)cc1. The molecule has 0 radical (unpaired) electrons. The van der Waals surface area contributed by atoms with Crippen molar-refractivity contribution in [1.29, 1.82) is 5.26 Å². The maximum Gasteiger partial charge on any atom is 0.0991 e. The highest BCUT2D eigenvalue weighted by atomic mass is 16.5. The minimum absolute atomic E-state index is 0.0294. The topological polar surface area (TPSA) is 45.0 Å². The van der Waals surface area contributed by atoms with Gasteiger partial charge in [0.25, 0.3) is 0 Å². The maximum absolute atomic E-state index is 8.84. The molecule has 20 heavy (non-hydrogen) atoms. The summed E-state index contributed by atoms with van der Waals surface area (Å²) < 4.78 is 6.19. The highest BCUT2D eigenvalue weighted by Gasteiger charge is 2.24. The largest absolute Gasteiger partial charge is 0.363 e. The first kappa shape index (κ1) is 12.9. The maximum atomic E-state index is 8.84. The second-order valence-electron chi connectivity index (χ2n) is 4.92. The van der Waals surface area contributed by atoms with Gasteiger partial charge in [-0.05, 0) is 23.3 Å². The van der Waals surface area contributed by atoms with E-state index in [4.69, 9.17) is 10.00 Å². The molecular formula is C17H16N2O. The summed E-state index contributed by atoms with van der Waals surface area (Å²) in [6.45, 7) is 1.63. The molecule has 0 bridgehead atoms. The summed E-state index contributed by atoms with van der Waals surface area (Å²) in [5.74, 6) is 0. The summed E-state index contributed by atoms with van der Waals surface area (Å²) in [6, 6.07) is 20.0. The molecule has 0 amide bonds. The fourth-order valence-corrected chi connectivity index (χ4v) is 2.47. The number of hydrogen-bond donors (Lipinski definition) is 1. The molecule has 2 unspecified atom stereocenters. The second-order valence-corrected chi connectivity index (χ2v) is 4.92. The van der Waals surface area contributed by atoms with Gasteiger partial charge in [-0.15, -0.1) is 0 Å². The molecule has 0 saturated carbocycles. The first-order chi connectivity index (χ1) is 9.86. The number of nitrogens with one attached hydrogen (secondary N) is 1. The van der Waals surface area contributed by atoms with Crippen molar-refractivity contribution in [3.63, 3.8) is 0 Å². The summed E-state index contributed by atoms with van der Waals surface area (Å²) in [7, 11) is 0. The lowest BCUT2D eigenvalue weighted by Crippen LogP contribution is -2.35. The Morgan fingerprint density at radius 2 is 1.50 bits per heavy atom. The Morgan fingerprint density at radius 3 is 2.10 bits per heavy atom. The Kier molecular flexibility index (Phi) is 3.78. The van der Waals surface area contributed by atoms with Gasteiger partial charge in [-0.3, -0.25) is 0 Å². The zero-order valence-electron chi connectivity index (χ0n) is 11.1. The molecular weight excluding hydrogens is 248 g/mol. The van der Waals surface area contributed by atoms with E-state index >= 15 is 0 Å². The predicted molar refractivity (Wildman–Crippen MR) is 77.0 cm³/mol. The van der Waals surface area contributed by atoms with Gasteiger partial charge in [0, 0.05) is 13.1 Å². The van der Waals surface area contributed by atoms with E-state index in [2.05, 4.69) is 23.5 Å². The first-order valence-electron chi connectivity index (χ1n) is 6.78. The summed E-state index contributed by atoms with van der Waals surface area (Å²) >= 11 is 0. The number of morpholine rings is 1. The van der Waals surface area contributed by atoms with E-state index in [0.717, 1.165) is 18.7 Å². The molecule has 2 aromatic rings. The molecule has 100 valence electrons. The highest BCUT2D eigenvalue weighted by molar-refractivity contribution is 5.33. The Labute approximate surface area is 118 Å². The molecule has 1 aliphatic heterocycles. The number of nitriles is 1. The van der Waals surface area contributed by atoms with Crippen LogP contribution in [-0.4, -0.2) is 13.1 Å². The summed E-state index contributed by atoms with van der Waals surface area (Å²) in [5, 5.41) is 12.3. The monoisotopic (exact) mass is 264 g/mol. The Balaban J connectivity index is 1.76. The number of rotatable bonds is 2. The Bertz CT molecular complexity index is 601. The molecule has 0 aromatic heterocycles. The molecule has 3 nitrogen and oxygen atoms in total. The van der Waals surface area contributed by atoms with E-state index in [9.17, 15) is 0 Å². The van der Waals surface area contributed by atoms with Crippen LogP contribution in [0.1, 0.15) is 28.9 Å². The van der Waals surface area contributed by atoms with Crippen molar-refractivity contribution in [1.82, 2.24) is 5.32 Å². The molecule has 1 N–H and O–H groups in total. The van der Waals surface area contributed by atoms with Gasteiger partial charge in [0.05, 0.1) is 23.8 Å². The van der Waals surface area contributed by atoms with Crippen molar-refractivity contribution in [2.75, 3.05) is 13.1 Å². The molecule has 0 spiro atoms. The number of hydrogen-bond acceptors (Lipinski definition) is 3. The van der Waals surface area contributed by atoms with Crippen LogP contribution in [0.5, 0.6) is 0 Å². The molecule has 1 heterocycles. The van der Waals surface area contributed by atoms with E-state index < -0.39 is 0 Å². The van der Waals surface area contributed by atoms with E-state index in [-0.39, 0.29) is 12.2 Å². The standard InChI is InChI=1S/C17H16N2O/c18-10-13-6-8-15(9-7-13)17-12-19-11-16(20-17)14-4-2-1-3-5-14/h1-9,16-17,19H,11-12H2. The van der Waals surface area contributed by atoms with Gasteiger partial charge < -0.3 is 10.1 Å². The van der Waals surface area contributed by atoms with E-state index in [0.29, 0.717) is 5.56 Å². The molecule has 3 heteroatoms. The quantitative estimate of drug-likeness (QED) is 0.907. The highest BCUT2D eigenvalue weighted by Crippen LogP contribution is 2.29. The van der Waals surface area contributed by atoms with Gasteiger partial charge in [0.2, 0.25) is 0 Å². The van der Waals surface area contributed by atoms with E-state index in [1.54, 1.807) is 0 Å². The van der Waals surface area contributed by atoms with Gasteiger partial charge in [-0.1, -0.05) is 42.5 Å². The van der Waals surface area contributed by atoms with Crippen molar-refractivity contribution in [2.45, 2.75) is 12.2 Å². The average Bonchev–Trinajstić information content (AvgIpc) is 2.56. The molecule has 2 aromatic carbocycles. The smallest absolute Gasteiger partial charge is 0.0991 e. The van der Waals surface area contributed by atoms with Crippen molar-refractivity contribution in [3.8, 4) is 6.07 Å². The van der Waals surface area contributed by atoms with E-state index in [1.165, 1.54) is 5.56 Å². The third-order valence-electron chi connectivity index (χ3n) is 3.57. The molecule has 0 aliphatic carbocycles. The van der Waals surface area contributed by atoms with Crippen molar-refractivity contribution in [3.05, 3.63) is 71.3 Å². The van der Waals surface area contributed by atoms with Gasteiger partial charge in [-0.2, -0.15) is 5.26 Å². The third kappa shape index (κ3) is 2.72. The summed E-state index contributed by atoms with van der Waals surface area (Å²) in [4.78, 5) is 0. The first-order valence-corrected chi connectivity index (χ1v) is 6.78. The van der Waals surface area contributed by atoms with Gasteiger partial charge in [0.1, 0.15) is 0 Å². The molecule has 1 saturated heterocycles. The number of benzene rings is 2. The molecule has 1 aliphatic rings. The van der Waals surface area contributed by atoms with Crippen LogP contribution in [0.15, 0.2) is 54.6 Å². The minimum Gasteiger partial charge on any atom is -0.363 e. The van der Waals surface area contributed by atoms with Crippen LogP contribution in [0.25, 0.3) is 0 Å².